The minimum absolute atomic E-state index is 0.0702. The molecule has 192 valence electrons. The lowest BCUT2D eigenvalue weighted by Gasteiger charge is -2.16. The molecule has 0 aliphatic rings. The average Bonchev–Trinajstić information content (AvgIpc) is 3.51. The molecule has 0 aliphatic carbocycles. The highest BCUT2D eigenvalue weighted by Crippen LogP contribution is 2.28. The van der Waals surface area contributed by atoms with Crippen molar-refractivity contribution >= 4 is 40.1 Å². The van der Waals surface area contributed by atoms with Crippen LogP contribution in [0.3, 0.4) is 0 Å². The molecular weight excluding hydrogens is 510 g/mol. The van der Waals surface area contributed by atoms with Crippen LogP contribution in [-0.2, 0) is 20.7 Å². The molecule has 11 heteroatoms. The molecule has 9 nitrogen and oxygen atoms in total. The summed E-state index contributed by atoms with van der Waals surface area (Å²) >= 11 is 2.52. The van der Waals surface area contributed by atoms with Gasteiger partial charge in [0.25, 0.3) is 0 Å². The SMILES string of the molecule is CCOC(=O)Cc1csc(NC(=O)CSc2nnc([C@H](C)Oc3ccc(C)cc3)n2-c2ccccc2)n1. The number of benzene rings is 2. The van der Waals surface area contributed by atoms with E-state index in [1.165, 1.54) is 23.1 Å². The number of nitrogens with one attached hydrogen (secondary N) is 1. The minimum atomic E-state index is -0.383. The standard InChI is InChI=1S/C26H27N5O4S2/c1-4-34-23(33)14-19-15-36-25(27-19)28-22(32)16-37-26-30-29-24(31(26)20-8-6-5-7-9-20)18(3)35-21-12-10-17(2)11-13-21/h5-13,15,18H,4,14,16H2,1-3H3,(H,27,28,32)/t18-/m0/s1. The molecular formula is C26H27N5O4S2. The lowest BCUT2D eigenvalue weighted by Crippen LogP contribution is -2.15. The smallest absolute Gasteiger partial charge is 0.311 e. The average molecular weight is 538 g/mol. The van der Waals surface area contributed by atoms with Crippen LogP contribution >= 0.6 is 23.1 Å². The molecule has 2 aromatic carbocycles. The van der Waals surface area contributed by atoms with E-state index in [9.17, 15) is 9.59 Å². The van der Waals surface area contributed by atoms with Crippen molar-refractivity contribution in [2.75, 3.05) is 17.7 Å². The third kappa shape index (κ3) is 7.17. The number of anilines is 1. The number of aryl methyl sites for hydroxylation is 1. The number of carbonyl (C=O) groups excluding carboxylic acids is 2. The van der Waals surface area contributed by atoms with Gasteiger partial charge >= 0.3 is 5.97 Å². The Balaban J connectivity index is 1.44. The van der Waals surface area contributed by atoms with Crippen LogP contribution in [0.2, 0.25) is 0 Å². The molecule has 0 saturated carbocycles. The van der Waals surface area contributed by atoms with Crippen LogP contribution in [0, 0.1) is 6.92 Å². The lowest BCUT2D eigenvalue weighted by molar-refractivity contribution is -0.142. The van der Waals surface area contributed by atoms with E-state index in [0.717, 1.165) is 17.0 Å². The summed E-state index contributed by atoms with van der Waals surface area (Å²) in [5.74, 6) is 0.872. The quantitative estimate of drug-likeness (QED) is 0.210. The van der Waals surface area contributed by atoms with Crippen LogP contribution in [0.1, 0.15) is 37.0 Å². The zero-order valence-electron chi connectivity index (χ0n) is 20.7. The highest BCUT2D eigenvalue weighted by molar-refractivity contribution is 7.99. The predicted molar refractivity (Wildman–Crippen MR) is 143 cm³/mol. The molecule has 0 bridgehead atoms. The van der Waals surface area contributed by atoms with E-state index < -0.39 is 0 Å². The van der Waals surface area contributed by atoms with Crippen LogP contribution in [0.15, 0.2) is 65.1 Å². The van der Waals surface area contributed by atoms with E-state index in [0.29, 0.717) is 28.4 Å². The Kier molecular flexibility index (Phi) is 8.91. The molecule has 4 aromatic rings. The van der Waals surface area contributed by atoms with E-state index in [1.54, 1.807) is 12.3 Å². The Morgan fingerprint density at radius 2 is 1.86 bits per heavy atom. The maximum Gasteiger partial charge on any atom is 0.311 e. The van der Waals surface area contributed by atoms with E-state index in [-0.39, 0.29) is 30.2 Å². The molecule has 1 atom stereocenters. The third-order valence-corrected chi connectivity index (χ3v) is 6.87. The number of aromatic nitrogens is 4. The number of hydrogen-bond donors (Lipinski definition) is 1. The number of carbonyl (C=O) groups is 2. The zero-order chi connectivity index (χ0) is 26.2. The monoisotopic (exact) mass is 537 g/mol. The highest BCUT2D eigenvalue weighted by Gasteiger charge is 2.22. The fourth-order valence-electron chi connectivity index (χ4n) is 3.42. The summed E-state index contributed by atoms with van der Waals surface area (Å²) in [6.45, 7) is 6.01. The molecule has 0 aliphatic heterocycles. The Morgan fingerprint density at radius 1 is 1.11 bits per heavy atom. The molecule has 0 fully saturated rings. The summed E-state index contributed by atoms with van der Waals surface area (Å²) in [7, 11) is 0. The number of ether oxygens (including phenoxy) is 2. The lowest BCUT2D eigenvalue weighted by atomic mass is 10.2. The van der Waals surface area contributed by atoms with Gasteiger partial charge in [-0.2, -0.15) is 0 Å². The first-order valence-corrected chi connectivity index (χ1v) is 13.6. The van der Waals surface area contributed by atoms with Crippen LogP contribution < -0.4 is 10.1 Å². The second-order valence-electron chi connectivity index (χ2n) is 8.05. The highest BCUT2D eigenvalue weighted by atomic mass is 32.2. The van der Waals surface area contributed by atoms with Gasteiger partial charge in [-0.25, -0.2) is 4.98 Å². The van der Waals surface area contributed by atoms with Crippen molar-refractivity contribution in [2.24, 2.45) is 0 Å². The molecule has 0 spiro atoms. The van der Waals surface area contributed by atoms with Gasteiger partial charge in [-0.1, -0.05) is 47.7 Å². The number of esters is 1. The van der Waals surface area contributed by atoms with Crippen LogP contribution in [0.25, 0.3) is 5.69 Å². The molecule has 1 amide bonds. The van der Waals surface area contributed by atoms with Gasteiger partial charge in [-0.3, -0.25) is 14.2 Å². The number of amides is 1. The maximum atomic E-state index is 12.6. The molecule has 0 radical (unpaired) electrons. The Labute approximate surface area is 223 Å². The maximum absolute atomic E-state index is 12.6. The number of hydrogen-bond acceptors (Lipinski definition) is 9. The second kappa shape index (κ2) is 12.5. The normalized spacial score (nSPS) is 11.6. The van der Waals surface area contributed by atoms with Gasteiger partial charge in [0, 0.05) is 11.1 Å². The molecule has 37 heavy (non-hydrogen) atoms. The fourth-order valence-corrected chi connectivity index (χ4v) is 4.91. The van der Waals surface area contributed by atoms with E-state index in [2.05, 4.69) is 20.5 Å². The zero-order valence-corrected chi connectivity index (χ0v) is 22.3. The fraction of sp³-hybridized carbons (Fsp3) is 0.269. The van der Waals surface area contributed by atoms with Gasteiger partial charge in [0.2, 0.25) is 5.91 Å². The minimum Gasteiger partial charge on any atom is -0.483 e. The van der Waals surface area contributed by atoms with Crippen molar-refractivity contribution in [1.29, 1.82) is 0 Å². The summed E-state index contributed by atoms with van der Waals surface area (Å²) < 4.78 is 13.0. The topological polar surface area (TPSA) is 108 Å². The van der Waals surface area contributed by atoms with E-state index in [1.807, 2.05) is 73.0 Å². The van der Waals surface area contributed by atoms with Crippen molar-refractivity contribution in [3.05, 3.63) is 77.1 Å². The summed E-state index contributed by atoms with van der Waals surface area (Å²) in [4.78, 5) is 28.6. The number of nitrogens with zero attached hydrogens (tertiary/aromatic N) is 4. The third-order valence-electron chi connectivity index (χ3n) is 5.13. The van der Waals surface area contributed by atoms with Crippen molar-refractivity contribution in [3.63, 3.8) is 0 Å². The molecule has 2 heterocycles. The number of rotatable bonds is 11. The van der Waals surface area contributed by atoms with E-state index in [4.69, 9.17) is 9.47 Å². The Bertz CT molecular complexity index is 1340. The Morgan fingerprint density at radius 3 is 2.59 bits per heavy atom. The number of para-hydroxylation sites is 1. The molecule has 0 unspecified atom stereocenters. The first kappa shape index (κ1) is 26.4. The van der Waals surface area contributed by atoms with Gasteiger partial charge in [0.1, 0.15) is 5.75 Å². The second-order valence-corrected chi connectivity index (χ2v) is 9.85. The molecule has 2 aromatic heterocycles. The van der Waals surface area contributed by atoms with Crippen molar-refractivity contribution in [3.8, 4) is 11.4 Å². The number of thioether (sulfide) groups is 1. The number of thiazole rings is 1. The predicted octanol–water partition coefficient (Wildman–Crippen LogP) is 5.01. The Hall–Kier alpha value is -3.70. The first-order chi connectivity index (χ1) is 17.9. The summed E-state index contributed by atoms with van der Waals surface area (Å²) in [5, 5.41) is 14.2. The van der Waals surface area contributed by atoms with Crippen LogP contribution in [-0.4, -0.2) is 44.0 Å². The molecule has 4 rings (SSSR count). The van der Waals surface area contributed by atoms with Gasteiger partial charge in [-0.05, 0) is 45.0 Å². The van der Waals surface area contributed by atoms with Crippen molar-refractivity contribution in [1.82, 2.24) is 19.7 Å². The summed E-state index contributed by atoms with van der Waals surface area (Å²) in [6.07, 6.45) is -0.312. The van der Waals surface area contributed by atoms with Crippen molar-refractivity contribution < 1.29 is 19.1 Å². The van der Waals surface area contributed by atoms with Gasteiger partial charge < -0.3 is 14.8 Å². The van der Waals surface area contributed by atoms with Crippen molar-refractivity contribution in [2.45, 2.75) is 38.5 Å². The largest absolute Gasteiger partial charge is 0.483 e. The van der Waals surface area contributed by atoms with E-state index >= 15 is 0 Å². The molecule has 0 saturated heterocycles. The van der Waals surface area contributed by atoms with Gasteiger partial charge in [0.15, 0.2) is 22.2 Å². The van der Waals surface area contributed by atoms with Crippen LogP contribution in [0.4, 0.5) is 5.13 Å². The summed E-state index contributed by atoms with van der Waals surface area (Å²) in [6, 6.07) is 17.5. The molecule has 1 N–H and O–H groups in total. The van der Waals surface area contributed by atoms with Gasteiger partial charge in [-0.15, -0.1) is 21.5 Å². The first-order valence-electron chi connectivity index (χ1n) is 11.7. The summed E-state index contributed by atoms with van der Waals surface area (Å²) in [5.41, 5.74) is 2.58. The van der Waals surface area contributed by atoms with Crippen LogP contribution in [0.5, 0.6) is 5.75 Å². The van der Waals surface area contributed by atoms with Gasteiger partial charge in [0.05, 0.1) is 24.5 Å².